The fraction of sp³-hybridized carbons (Fsp3) is 0.211. The Morgan fingerprint density at radius 2 is 2.03 bits per heavy atom. The largest absolute Gasteiger partial charge is 0.305 e. The van der Waals surface area contributed by atoms with E-state index in [1.54, 1.807) is 20.0 Å². The first-order chi connectivity index (χ1) is 14.2. The van der Waals surface area contributed by atoms with Crippen LogP contribution in [0.15, 0.2) is 34.8 Å². The van der Waals surface area contributed by atoms with Crippen molar-refractivity contribution in [3.05, 3.63) is 62.0 Å². The van der Waals surface area contributed by atoms with E-state index < -0.39 is 11.2 Å². The normalized spacial score (nSPS) is 14.9. The number of amides is 1. The monoisotopic (exact) mass is 502 g/mol. The van der Waals surface area contributed by atoms with Gasteiger partial charge in [-0.3, -0.25) is 4.79 Å². The Hall–Kier alpha value is -1.58. The summed E-state index contributed by atoms with van der Waals surface area (Å²) >= 11 is 21.3. The third-order valence-electron chi connectivity index (χ3n) is 4.76. The quantitative estimate of drug-likeness (QED) is 0.315. The van der Waals surface area contributed by atoms with Crippen LogP contribution in [0.3, 0.4) is 0 Å². The lowest BCUT2D eigenvalue weighted by molar-refractivity contribution is -0.122. The molecule has 0 aliphatic carbocycles. The summed E-state index contributed by atoms with van der Waals surface area (Å²) in [5.41, 5.74) is 0.721. The van der Waals surface area contributed by atoms with E-state index in [1.807, 2.05) is 5.38 Å². The zero-order valence-corrected chi connectivity index (χ0v) is 19.6. The van der Waals surface area contributed by atoms with Crippen LogP contribution in [0.4, 0.5) is 15.2 Å². The predicted molar refractivity (Wildman–Crippen MR) is 121 cm³/mol. The van der Waals surface area contributed by atoms with Crippen LogP contribution in [0.25, 0.3) is 0 Å². The lowest BCUT2D eigenvalue weighted by Crippen LogP contribution is -2.35. The van der Waals surface area contributed by atoms with Crippen LogP contribution in [0.1, 0.15) is 25.0 Å². The first-order valence-corrected chi connectivity index (χ1v) is 11.5. The highest BCUT2D eigenvalue weighted by Crippen LogP contribution is 2.47. The molecule has 0 radical (unpaired) electrons. The van der Waals surface area contributed by atoms with Gasteiger partial charge in [-0.05, 0) is 43.5 Å². The molecule has 3 aromatic rings. The number of benzene rings is 1. The van der Waals surface area contributed by atoms with Crippen LogP contribution >= 0.6 is 58.1 Å². The summed E-state index contributed by atoms with van der Waals surface area (Å²) in [4.78, 5) is 23.1. The van der Waals surface area contributed by atoms with Crippen molar-refractivity contribution < 1.29 is 9.18 Å². The molecular weight excluding hydrogens is 490 g/mol. The van der Waals surface area contributed by atoms with Gasteiger partial charge >= 0.3 is 0 Å². The zero-order valence-electron chi connectivity index (χ0n) is 15.7. The molecule has 0 fully saturated rings. The number of halogens is 4. The summed E-state index contributed by atoms with van der Waals surface area (Å²) in [7, 11) is 0. The van der Waals surface area contributed by atoms with Crippen LogP contribution in [-0.2, 0) is 16.8 Å². The molecule has 0 bridgehead atoms. The number of fused-ring (bicyclic) bond motifs is 1. The van der Waals surface area contributed by atoms with Gasteiger partial charge in [-0.1, -0.05) is 34.8 Å². The van der Waals surface area contributed by atoms with E-state index in [0.29, 0.717) is 31.9 Å². The van der Waals surface area contributed by atoms with E-state index in [4.69, 9.17) is 34.8 Å². The summed E-state index contributed by atoms with van der Waals surface area (Å²) < 4.78 is 17.7. The van der Waals surface area contributed by atoms with Crippen LogP contribution in [-0.4, -0.2) is 15.9 Å². The van der Waals surface area contributed by atoms with Crippen molar-refractivity contribution in [1.29, 1.82) is 0 Å². The zero-order chi connectivity index (χ0) is 21.6. The minimum absolute atomic E-state index is 0.0789. The highest BCUT2D eigenvalue weighted by Gasteiger charge is 2.46. The molecule has 30 heavy (non-hydrogen) atoms. The van der Waals surface area contributed by atoms with Crippen molar-refractivity contribution in [3.8, 4) is 0 Å². The summed E-state index contributed by atoms with van der Waals surface area (Å²) in [6.07, 6.45) is 3.16. The minimum atomic E-state index is -0.891. The molecule has 1 aliphatic rings. The Morgan fingerprint density at radius 3 is 2.73 bits per heavy atom. The molecule has 156 valence electrons. The molecule has 0 saturated carbocycles. The van der Waals surface area contributed by atoms with Gasteiger partial charge in [0.05, 0.1) is 33.8 Å². The fourth-order valence-electron chi connectivity index (χ4n) is 3.28. The van der Waals surface area contributed by atoms with Gasteiger partial charge < -0.3 is 9.62 Å². The van der Waals surface area contributed by atoms with Gasteiger partial charge in [-0.2, -0.15) is 0 Å². The number of carbonyl (C=O) groups is 1. The second kappa shape index (κ2) is 8.16. The second-order valence-electron chi connectivity index (χ2n) is 7.05. The van der Waals surface area contributed by atoms with Crippen molar-refractivity contribution in [2.24, 2.45) is 0 Å². The molecule has 5 nitrogen and oxygen atoms in total. The lowest BCUT2D eigenvalue weighted by atomic mass is 9.87. The lowest BCUT2D eigenvalue weighted by Gasteiger charge is -2.21. The van der Waals surface area contributed by atoms with E-state index in [1.165, 1.54) is 34.6 Å². The van der Waals surface area contributed by atoms with E-state index in [0.717, 1.165) is 11.9 Å². The van der Waals surface area contributed by atoms with Crippen molar-refractivity contribution in [2.75, 3.05) is 9.62 Å². The molecule has 0 spiro atoms. The number of anilines is 2. The van der Waals surface area contributed by atoms with Gasteiger partial charge in [0.25, 0.3) is 0 Å². The Kier molecular flexibility index (Phi) is 5.89. The van der Waals surface area contributed by atoms with Gasteiger partial charge in [0.2, 0.25) is 5.91 Å². The average molecular weight is 504 g/mol. The predicted octanol–water partition coefficient (Wildman–Crippen LogP) is 6.58. The van der Waals surface area contributed by atoms with Gasteiger partial charge in [-0.15, -0.1) is 11.3 Å². The highest BCUT2D eigenvalue weighted by atomic mass is 35.5. The number of rotatable bonds is 5. The summed E-state index contributed by atoms with van der Waals surface area (Å²) in [5.74, 6) is -0.648. The molecule has 2 aromatic heterocycles. The Bertz CT molecular complexity index is 1140. The average Bonchev–Trinajstić information content (AvgIpc) is 3.27. The number of aromatic nitrogens is 2. The van der Waals surface area contributed by atoms with E-state index in [-0.39, 0.29) is 22.6 Å². The number of nitrogens with zero attached hydrogens (tertiary/aromatic N) is 3. The number of carbonyl (C=O) groups excluding carboxylic acids is 1. The summed E-state index contributed by atoms with van der Waals surface area (Å²) in [5, 5.41) is 3.19. The van der Waals surface area contributed by atoms with Gasteiger partial charge in [0.15, 0.2) is 5.13 Å². The van der Waals surface area contributed by atoms with Crippen LogP contribution in [0.2, 0.25) is 15.2 Å². The van der Waals surface area contributed by atoms with Crippen molar-refractivity contribution >= 4 is 74.8 Å². The molecule has 0 saturated heterocycles. The number of pyridine rings is 1. The van der Waals surface area contributed by atoms with Crippen molar-refractivity contribution in [2.45, 2.75) is 30.7 Å². The van der Waals surface area contributed by atoms with Gasteiger partial charge in [-0.25, -0.2) is 14.4 Å². The molecule has 1 aromatic carbocycles. The minimum Gasteiger partial charge on any atom is -0.305 e. The Balaban J connectivity index is 1.63. The number of thiazole rings is 1. The Labute approximate surface area is 195 Å². The summed E-state index contributed by atoms with van der Waals surface area (Å²) in [6.45, 7) is 3.61. The van der Waals surface area contributed by atoms with Crippen molar-refractivity contribution in [1.82, 2.24) is 9.97 Å². The molecule has 1 N–H and O–H groups in total. The molecule has 11 heteroatoms. The number of hydrogen-bond acceptors (Lipinski definition) is 6. The van der Waals surface area contributed by atoms with E-state index >= 15 is 0 Å². The third kappa shape index (κ3) is 3.76. The fourth-order valence-corrected chi connectivity index (χ4v) is 5.36. The smallest absolute Gasteiger partial charge is 0.237 e. The van der Waals surface area contributed by atoms with Crippen LogP contribution in [0, 0.1) is 5.82 Å². The molecule has 0 atom stereocenters. The van der Waals surface area contributed by atoms with Gasteiger partial charge in [0, 0.05) is 22.2 Å². The maximum atomic E-state index is 14.7. The number of hydrogen-bond donors (Lipinski definition) is 1. The first-order valence-electron chi connectivity index (χ1n) is 8.67. The molecule has 1 aliphatic heterocycles. The van der Waals surface area contributed by atoms with E-state index in [9.17, 15) is 9.18 Å². The first kappa shape index (κ1) is 21.6. The SMILES string of the molecule is CC1(C)C(=O)N(Cc2cc(F)c(SNc3nccs3)cc2Cl)c2cnc(Cl)c(Cl)c21. The van der Waals surface area contributed by atoms with Gasteiger partial charge in [0.1, 0.15) is 11.0 Å². The topological polar surface area (TPSA) is 58.1 Å². The molecule has 1 amide bonds. The maximum absolute atomic E-state index is 14.7. The third-order valence-corrected chi connectivity index (χ3v) is 7.51. The van der Waals surface area contributed by atoms with Crippen LogP contribution < -0.4 is 9.62 Å². The Morgan fingerprint density at radius 1 is 1.27 bits per heavy atom. The molecule has 0 unspecified atom stereocenters. The summed E-state index contributed by atoms with van der Waals surface area (Å²) in [6, 6.07) is 2.86. The molecule has 3 heterocycles. The van der Waals surface area contributed by atoms with Crippen LogP contribution in [0.5, 0.6) is 0 Å². The standard InChI is InChI=1S/C19H14Cl3FN4OS2/c1-19(2)14-12(7-25-16(22)15(14)21)27(17(19)28)8-9-5-11(23)13(6-10(9)20)30-26-18-24-3-4-29-18/h3-7H,8H2,1-2H3,(H,24,26). The highest BCUT2D eigenvalue weighted by molar-refractivity contribution is 8.00. The number of nitrogens with one attached hydrogen (secondary N) is 1. The van der Waals surface area contributed by atoms with Crippen molar-refractivity contribution in [3.63, 3.8) is 0 Å². The van der Waals surface area contributed by atoms with E-state index in [2.05, 4.69) is 14.7 Å². The second-order valence-corrected chi connectivity index (χ2v) is 9.94. The maximum Gasteiger partial charge on any atom is 0.237 e. The molecular formula is C19H14Cl3FN4OS2. The molecule has 4 rings (SSSR count).